The molecule has 0 bridgehead atoms. The van der Waals surface area contributed by atoms with Crippen LogP contribution >= 0.6 is 0 Å². The third kappa shape index (κ3) is 2.50. The van der Waals surface area contributed by atoms with Crippen LogP contribution in [0.3, 0.4) is 0 Å². The fourth-order valence-electron chi connectivity index (χ4n) is 3.19. The summed E-state index contributed by atoms with van der Waals surface area (Å²) in [5.74, 6) is 0.730. The Hall–Kier alpha value is -1.61. The molecule has 3 heteroatoms. The number of fused-ring (bicyclic) bond motifs is 1. The number of methoxy groups -OCH3 is 1. The van der Waals surface area contributed by atoms with Gasteiger partial charge in [0.1, 0.15) is 11.7 Å². The average Bonchev–Trinajstić information content (AvgIpc) is 2.93. The number of hydrogen-bond donors (Lipinski definition) is 0. The van der Waals surface area contributed by atoms with E-state index in [1.807, 2.05) is 30.3 Å². The van der Waals surface area contributed by atoms with E-state index in [1.165, 1.54) is 19.3 Å². The van der Waals surface area contributed by atoms with Gasteiger partial charge in [-0.05, 0) is 30.9 Å². The van der Waals surface area contributed by atoms with Gasteiger partial charge in [-0.3, -0.25) is 4.79 Å². The van der Waals surface area contributed by atoms with Gasteiger partial charge in [-0.2, -0.15) is 0 Å². The molecule has 0 spiro atoms. The summed E-state index contributed by atoms with van der Waals surface area (Å²) in [7, 11) is 1.62. The largest absolute Gasteiger partial charge is 0.453 e. The van der Waals surface area contributed by atoms with Gasteiger partial charge in [0.15, 0.2) is 5.76 Å². The minimum absolute atomic E-state index is 0.0180. The fraction of sp³-hybridized carbons (Fsp3) is 0.471. The molecule has 20 heavy (non-hydrogen) atoms. The topological polar surface area (TPSA) is 39.4 Å². The number of carbonyl (C=O) groups is 1. The summed E-state index contributed by atoms with van der Waals surface area (Å²) in [6.45, 7) is 0. The summed E-state index contributed by atoms with van der Waals surface area (Å²) >= 11 is 0. The third-order valence-corrected chi connectivity index (χ3v) is 4.26. The van der Waals surface area contributed by atoms with Crippen LogP contribution in [0.15, 0.2) is 34.7 Å². The molecule has 2 aromatic rings. The Morgan fingerprint density at radius 3 is 2.70 bits per heavy atom. The molecule has 0 amide bonds. The van der Waals surface area contributed by atoms with E-state index in [0.717, 1.165) is 23.8 Å². The second-order valence-corrected chi connectivity index (χ2v) is 5.57. The molecule has 3 nitrogen and oxygen atoms in total. The maximum absolute atomic E-state index is 12.6. The van der Waals surface area contributed by atoms with E-state index in [0.29, 0.717) is 11.7 Å². The van der Waals surface area contributed by atoms with E-state index in [9.17, 15) is 4.79 Å². The molecule has 1 aromatic heterocycles. The van der Waals surface area contributed by atoms with Gasteiger partial charge in [0.25, 0.3) is 0 Å². The highest BCUT2D eigenvalue weighted by molar-refractivity contribution is 6.00. The van der Waals surface area contributed by atoms with Gasteiger partial charge in [0, 0.05) is 12.5 Å². The number of ether oxygens (including phenoxy) is 1. The van der Waals surface area contributed by atoms with E-state index >= 15 is 0 Å². The Labute approximate surface area is 118 Å². The van der Waals surface area contributed by atoms with E-state index < -0.39 is 0 Å². The Morgan fingerprint density at radius 2 is 2.00 bits per heavy atom. The number of furan rings is 1. The number of benzene rings is 1. The van der Waals surface area contributed by atoms with Crippen LogP contribution in [0, 0.1) is 5.92 Å². The van der Waals surface area contributed by atoms with Gasteiger partial charge in [-0.15, -0.1) is 0 Å². The molecule has 1 aliphatic carbocycles. The molecular weight excluding hydrogens is 252 g/mol. The van der Waals surface area contributed by atoms with Gasteiger partial charge >= 0.3 is 0 Å². The van der Waals surface area contributed by atoms with Crippen molar-refractivity contribution in [2.75, 3.05) is 7.11 Å². The minimum atomic E-state index is -0.365. The molecule has 1 unspecified atom stereocenters. The maximum Gasteiger partial charge on any atom is 0.226 e. The monoisotopic (exact) mass is 272 g/mol. The van der Waals surface area contributed by atoms with E-state index in [4.69, 9.17) is 9.15 Å². The van der Waals surface area contributed by atoms with Crippen LogP contribution in [-0.2, 0) is 4.74 Å². The van der Waals surface area contributed by atoms with Crippen LogP contribution in [0.1, 0.15) is 42.7 Å². The molecule has 1 saturated carbocycles. The lowest BCUT2D eigenvalue weighted by Gasteiger charge is -2.27. The highest BCUT2D eigenvalue weighted by atomic mass is 16.5. The fourth-order valence-corrected chi connectivity index (χ4v) is 3.19. The molecular formula is C17H20O3. The van der Waals surface area contributed by atoms with Crippen molar-refractivity contribution < 1.29 is 13.9 Å². The molecule has 1 heterocycles. The Kier molecular flexibility index (Phi) is 3.88. The van der Waals surface area contributed by atoms with Gasteiger partial charge in [-0.25, -0.2) is 0 Å². The zero-order valence-corrected chi connectivity index (χ0v) is 11.8. The number of hydrogen-bond acceptors (Lipinski definition) is 3. The number of carbonyl (C=O) groups excluding carboxylic acids is 1. The molecule has 1 atom stereocenters. The molecule has 0 N–H and O–H groups in total. The summed E-state index contributed by atoms with van der Waals surface area (Å²) < 4.78 is 11.2. The quantitative estimate of drug-likeness (QED) is 0.783. The lowest BCUT2D eigenvalue weighted by atomic mass is 9.83. The van der Waals surface area contributed by atoms with Crippen molar-refractivity contribution in [1.82, 2.24) is 0 Å². The zero-order chi connectivity index (χ0) is 13.9. The van der Waals surface area contributed by atoms with Crippen molar-refractivity contribution in [3.8, 4) is 0 Å². The number of ketones is 1. The Balaban J connectivity index is 1.85. The number of para-hydroxylation sites is 1. The predicted molar refractivity (Wildman–Crippen MR) is 77.9 cm³/mol. The summed E-state index contributed by atoms with van der Waals surface area (Å²) in [5, 5.41) is 0.967. The Bertz CT molecular complexity index is 560. The zero-order valence-electron chi connectivity index (χ0n) is 11.8. The number of Topliss-reactive ketones (excluding diaryl/α,β-unsaturated/α-hetero) is 1. The molecule has 1 aromatic carbocycles. The lowest BCUT2D eigenvalue weighted by Crippen LogP contribution is -2.32. The molecule has 0 radical (unpaired) electrons. The van der Waals surface area contributed by atoms with Crippen molar-refractivity contribution >= 4 is 16.8 Å². The second kappa shape index (κ2) is 5.80. The van der Waals surface area contributed by atoms with Crippen LogP contribution in [0.25, 0.3) is 11.0 Å². The first kappa shape index (κ1) is 13.4. The smallest absolute Gasteiger partial charge is 0.226 e. The lowest BCUT2D eigenvalue weighted by molar-refractivity contribution is 0.0293. The number of rotatable bonds is 4. The SMILES string of the molecule is COC(C(=O)c1cc2ccccc2o1)C1CCCCC1. The van der Waals surface area contributed by atoms with E-state index in [-0.39, 0.29) is 11.9 Å². The standard InChI is InChI=1S/C17H20O3/c1-19-17(12-7-3-2-4-8-12)16(18)15-11-13-9-5-6-10-14(13)20-15/h5-6,9-12,17H,2-4,7-8H2,1H3. The van der Waals surface area contributed by atoms with Gasteiger partial charge in [0.05, 0.1) is 0 Å². The highest BCUT2D eigenvalue weighted by Crippen LogP contribution is 2.30. The van der Waals surface area contributed by atoms with E-state index in [2.05, 4.69) is 0 Å². The van der Waals surface area contributed by atoms with Crippen molar-refractivity contribution in [3.63, 3.8) is 0 Å². The van der Waals surface area contributed by atoms with Crippen molar-refractivity contribution in [2.24, 2.45) is 5.92 Å². The first-order valence-corrected chi connectivity index (χ1v) is 7.35. The van der Waals surface area contributed by atoms with Crippen LogP contribution < -0.4 is 0 Å². The molecule has 1 fully saturated rings. The molecule has 0 saturated heterocycles. The van der Waals surface area contributed by atoms with Crippen molar-refractivity contribution in [2.45, 2.75) is 38.2 Å². The van der Waals surface area contributed by atoms with Gasteiger partial charge in [0.2, 0.25) is 5.78 Å². The third-order valence-electron chi connectivity index (χ3n) is 4.26. The summed E-state index contributed by atoms with van der Waals surface area (Å²) in [4.78, 5) is 12.6. The minimum Gasteiger partial charge on any atom is -0.453 e. The van der Waals surface area contributed by atoms with Crippen molar-refractivity contribution in [1.29, 1.82) is 0 Å². The van der Waals surface area contributed by atoms with Crippen LogP contribution in [-0.4, -0.2) is 19.0 Å². The highest BCUT2D eigenvalue weighted by Gasteiger charge is 2.31. The van der Waals surface area contributed by atoms with E-state index in [1.54, 1.807) is 7.11 Å². The normalized spacial score (nSPS) is 18.2. The summed E-state index contributed by atoms with van der Waals surface area (Å²) in [6, 6.07) is 9.52. The van der Waals surface area contributed by atoms with Crippen LogP contribution in [0.5, 0.6) is 0 Å². The average molecular weight is 272 g/mol. The van der Waals surface area contributed by atoms with Crippen molar-refractivity contribution in [3.05, 3.63) is 36.1 Å². The van der Waals surface area contributed by atoms with Gasteiger partial charge < -0.3 is 9.15 Å². The maximum atomic E-state index is 12.6. The second-order valence-electron chi connectivity index (χ2n) is 5.57. The Morgan fingerprint density at radius 1 is 1.25 bits per heavy atom. The first-order chi connectivity index (χ1) is 9.79. The molecule has 0 aliphatic heterocycles. The molecule has 1 aliphatic rings. The molecule has 106 valence electrons. The predicted octanol–water partition coefficient (Wildman–Crippen LogP) is 4.21. The molecule has 3 rings (SSSR count). The first-order valence-electron chi connectivity index (χ1n) is 7.35. The van der Waals surface area contributed by atoms with Gasteiger partial charge in [-0.1, -0.05) is 37.5 Å². The van der Waals surface area contributed by atoms with Crippen LogP contribution in [0.2, 0.25) is 0 Å². The van der Waals surface area contributed by atoms with Crippen LogP contribution in [0.4, 0.5) is 0 Å². The summed E-state index contributed by atoms with van der Waals surface area (Å²) in [5.41, 5.74) is 0.759. The summed E-state index contributed by atoms with van der Waals surface area (Å²) in [6.07, 6.45) is 5.44.